The highest BCUT2D eigenvalue weighted by molar-refractivity contribution is 6.31. The van der Waals surface area contributed by atoms with Gasteiger partial charge < -0.3 is 24.2 Å². The van der Waals surface area contributed by atoms with E-state index in [0.29, 0.717) is 34.1 Å². The predicted octanol–water partition coefficient (Wildman–Crippen LogP) is 5.30. The molecular formula is C34H33ClF2N8O3. The van der Waals surface area contributed by atoms with Crippen molar-refractivity contribution in [2.75, 3.05) is 51.8 Å². The van der Waals surface area contributed by atoms with Crippen molar-refractivity contribution in [1.82, 2.24) is 29.7 Å². The molecule has 0 bridgehead atoms. The van der Waals surface area contributed by atoms with E-state index < -0.39 is 23.6 Å². The molecule has 1 unspecified atom stereocenters. The van der Waals surface area contributed by atoms with E-state index in [1.54, 1.807) is 30.3 Å². The molecule has 1 amide bonds. The first kappa shape index (κ1) is 33.0. The van der Waals surface area contributed by atoms with E-state index in [2.05, 4.69) is 25.9 Å². The van der Waals surface area contributed by atoms with Gasteiger partial charge in [-0.1, -0.05) is 17.7 Å². The Bertz CT molecular complexity index is 1890. The molecule has 6 rings (SSSR count). The summed E-state index contributed by atoms with van der Waals surface area (Å²) in [6.07, 6.45) is 7.14. The minimum Gasteiger partial charge on any atom is -0.496 e. The van der Waals surface area contributed by atoms with Gasteiger partial charge >= 0.3 is 6.01 Å². The molecule has 2 aliphatic rings. The number of piperazine rings is 1. The molecule has 4 heterocycles. The summed E-state index contributed by atoms with van der Waals surface area (Å²) >= 11 is 6.28. The van der Waals surface area contributed by atoms with Gasteiger partial charge in [-0.05, 0) is 50.7 Å². The number of rotatable bonds is 9. The number of aromatic nitrogens is 4. The molecule has 48 heavy (non-hydrogen) atoms. The highest BCUT2D eigenvalue weighted by atomic mass is 35.5. The van der Waals surface area contributed by atoms with Gasteiger partial charge in [-0.3, -0.25) is 14.8 Å². The summed E-state index contributed by atoms with van der Waals surface area (Å²) in [7, 11) is 3.52. The number of halogens is 3. The van der Waals surface area contributed by atoms with Crippen molar-refractivity contribution < 1.29 is 23.0 Å². The third kappa shape index (κ3) is 6.86. The SMILES string of the molecule is COc1ccc(Cl)cc1-c1ccc2c(N3CCN(C(=O)/C(F)=C/c4cnccn4)[C@@H](CC#N)C3)nc(OCC3CCCN3C)nc2c1F. The van der Waals surface area contributed by atoms with Gasteiger partial charge in [0, 0.05) is 65.7 Å². The van der Waals surface area contributed by atoms with Gasteiger partial charge in [0.15, 0.2) is 11.6 Å². The van der Waals surface area contributed by atoms with Crippen LogP contribution < -0.4 is 14.4 Å². The average Bonchev–Trinajstić information content (AvgIpc) is 3.51. The number of nitrogens with zero attached hydrogens (tertiary/aromatic N) is 8. The van der Waals surface area contributed by atoms with Crippen LogP contribution in [0.3, 0.4) is 0 Å². The molecule has 0 radical (unpaired) electrons. The summed E-state index contributed by atoms with van der Waals surface area (Å²) in [6.45, 7) is 1.73. The van der Waals surface area contributed by atoms with E-state index in [1.165, 1.54) is 30.6 Å². The zero-order chi connectivity index (χ0) is 33.8. The molecule has 4 aromatic rings. The van der Waals surface area contributed by atoms with Gasteiger partial charge in [-0.15, -0.1) is 0 Å². The Labute approximate surface area is 281 Å². The third-order valence-corrected chi connectivity index (χ3v) is 8.96. The molecule has 11 nitrogen and oxygen atoms in total. The second-order valence-electron chi connectivity index (χ2n) is 11.7. The number of anilines is 1. The number of fused-ring (bicyclic) bond motifs is 1. The normalized spacial score (nSPS) is 18.6. The lowest BCUT2D eigenvalue weighted by atomic mass is 10.0. The number of hydrogen-bond acceptors (Lipinski definition) is 10. The topological polar surface area (TPSA) is 121 Å². The van der Waals surface area contributed by atoms with Crippen molar-refractivity contribution in [2.45, 2.75) is 31.3 Å². The van der Waals surface area contributed by atoms with Crippen LogP contribution in [0.4, 0.5) is 14.6 Å². The Kier molecular flexibility index (Phi) is 9.93. The van der Waals surface area contributed by atoms with Crippen LogP contribution in [0, 0.1) is 17.1 Å². The van der Waals surface area contributed by atoms with E-state index in [1.807, 2.05) is 11.9 Å². The highest BCUT2D eigenvalue weighted by Gasteiger charge is 2.34. The lowest BCUT2D eigenvalue weighted by molar-refractivity contribution is -0.131. The van der Waals surface area contributed by atoms with Crippen molar-refractivity contribution in [2.24, 2.45) is 0 Å². The summed E-state index contributed by atoms with van der Waals surface area (Å²) in [4.78, 5) is 35.8. The van der Waals surface area contributed by atoms with E-state index in [0.717, 1.165) is 25.5 Å². The second kappa shape index (κ2) is 14.5. The van der Waals surface area contributed by atoms with Gasteiger partial charge in [0.05, 0.1) is 37.5 Å². The highest BCUT2D eigenvalue weighted by Crippen LogP contribution is 2.39. The van der Waals surface area contributed by atoms with E-state index in [4.69, 9.17) is 26.1 Å². The monoisotopic (exact) mass is 674 g/mol. The molecule has 2 aromatic carbocycles. The molecule has 248 valence electrons. The molecule has 2 aliphatic heterocycles. The third-order valence-electron chi connectivity index (χ3n) is 8.73. The maximum atomic E-state index is 16.5. The minimum absolute atomic E-state index is 0.000182. The van der Waals surface area contributed by atoms with Gasteiger partial charge in [0.25, 0.3) is 5.91 Å². The van der Waals surface area contributed by atoms with Crippen LogP contribution in [-0.4, -0.2) is 94.7 Å². The minimum atomic E-state index is -1.02. The van der Waals surface area contributed by atoms with Crippen molar-refractivity contribution in [3.8, 4) is 29.0 Å². The summed E-state index contributed by atoms with van der Waals surface area (Å²) in [5, 5.41) is 10.5. The van der Waals surface area contributed by atoms with Crippen LogP contribution in [0.25, 0.3) is 28.1 Å². The second-order valence-corrected chi connectivity index (χ2v) is 12.1. The number of likely N-dealkylation sites (tertiary alicyclic amines) is 1. The summed E-state index contributed by atoms with van der Waals surface area (Å²) < 4.78 is 43.2. The summed E-state index contributed by atoms with van der Waals surface area (Å²) in [5.74, 6) is -1.67. The first-order valence-electron chi connectivity index (χ1n) is 15.5. The van der Waals surface area contributed by atoms with Gasteiger partial charge in [-0.2, -0.15) is 15.2 Å². The van der Waals surface area contributed by atoms with Crippen LogP contribution in [0.2, 0.25) is 5.02 Å². The van der Waals surface area contributed by atoms with Crippen LogP contribution >= 0.6 is 11.6 Å². The average molecular weight is 675 g/mol. The number of benzene rings is 2. The van der Waals surface area contributed by atoms with Crippen LogP contribution in [0.15, 0.2) is 54.7 Å². The first-order chi connectivity index (χ1) is 23.3. The molecule has 2 saturated heterocycles. The summed E-state index contributed by atoms with van der Waals surface area (Å²) in [6, 6.07) is 9.88. The van der Waals surface area contributed by atoms with Gasteiger partial charge in [-0.25, -0.2) is 8.78 Å². The summed E-state index contributed by atoms with van der Waals surface area (Å²) in [5.41, 5.74) is 0.912. The standard InChI is InChI=1S/C34H33ClF2N8O3/c1-43-13-3-4-24(43)20-48-34-41-31-26(7-6-25(30(31)37)27-16-21(35)5-8-29(27)47-2)32(42-34)44-14-15-45(23(19-44)9-10-38)33(46)28(36)17-22-18-39-11-12-40-22/h5-8,11-12,16-18,23-24H,3-4,9,13-15,19-20H2,1-2H3/b28-17-/t23-,24?/m0/s1. The fourth-order valence-corrected chi connectivity index (χ4v) is 6.37. The first-order valence-corrected chi connectivity index (χ1v) is 15.9. The lowest BCUT2D eigenvalue weighted by Gasteiger charge is -2.41. The fourth-order valence-electron chi connectivity index (χ4n) is 6.20. The number of amides is 1. The number of methoxy groups -OCH3 is 1. The van der Waals surface area contributed by atoms with E-state index in [-0.39, 0.29) is 54.9 Å². The number of carbonyl (C=O) groups is 1. The number of nitriles is 1. The Morgan fingerprint density at radius 1 is 1.15 bits per heavy atom. The Balaban J connectivity index is 1.37. The largest absolute Gasteiger partial charge is 0.496 e. The quantitative estimate of drug-likeness (QED) is 0.216. The smallest absolute Gasteiger partial charge is 0.319 e. The number of ether oxygens (including phenoxy) is 2. The number of hydrogen-bond donors (Lipinski definition) is 0. The Morgan fingerprint density at radius 2 is 2.00 bits per heavy atom. The zero-order valence-electron chi connectivity index (χ0n) is 26.4. The molecular weight excluding hydrogens is 642 g/mol. The molecule has 0 aliphatic carbocycles. The van der Waals surface area contributed by atoms with Crippen molar-refractivity contribution in [3.63, 3.8) is 0 Å². The molecule has 14 heteroatoms. The van der Waals surface area contributed by atoms with Crippen LogP contribution in [0.1, 0.15) is 25.0 Å². The van der Waals surface area contributed by atoms with Gasteiger partial charge in [0.1, 0.15) is 23.7 Å². The molecule has 0 saturated carbocycles. The Morgan fingerprint density at radius 3 is 2.73 bits per heavy atom. The number of likely N-dealkylation sites (N-methyl/N-ethyl adjacent to an activating group) is 1. The molecule has 2 aromatic heterocycles. The molecule has 2 fully saturated rings. The fraction of sp³-hybridized carbons (Fsp3) is 0.353. The lowest BCUT2D eigenvalue weighted by Crippen LogP contribution is -2.55. The predicted molar refractivity (Wildman–Crippen MR) is 177 cm³/mol. The van der Waals surface area contributed by atoms with Crippen molar-refractivity contribution in [3.05, 3.63) is 71.3 Å². The molecule has 2 atom stereocenters. The maximum absolute atomic E-state index is 16.5. The van der Waals surface area contributed by atoms with Gasteiger partial charge in [0.2, 0.25) is 0 Å². The Hall–Kier alpha value is -4.93. The zero-order valence-corrected chi connectivity index (χ0v) is 27.2. The van der Waals surface area contributed by atoms with Crippen molar-refractivity contribution >= 4 is 40.3 Å². The maximum Gasteiger partial charge on any atom is 0.319 e. The van der Waals surface area contributed by atoms with Crippen LogP contribution in [-0.2, 0) is 4.79 Å². The molecule has 0 N–H and O–H groups in total. The molecule has 0 spiro atoms. The van der Waals surface area contributed by atoms with Crippen molar-refractivity contribution in [1.29, 1.82) is 5.26 Å². The van der Waals surface area contributed by atoms with Crippen LogP contribution in [0.5, 0.6) is 11.8 Å². The number of carbonyl (C=O) groups excluding carboxylic acids is 1. The van der Waals surface area contributed by atoms with E-state index >= 15 is 8.78 Å². The van der Waals surface area contributed by atoms with E-state index in [9.17, 15) is 10.1 Å².